The first-order chi connectivity index (χ1) is 14.3. The van der Waals surface area contributed by atoms with Crippen molar-refractivity contribution in [3.63, 3.8) is 0 Å². The summed E-state index contributed by atoms with van der Waals surface area (Å²) in [7, 11) is 0. The second-order valence-electron chi connectivity index (χ2n) is 10.1. The van der Waals surface area contributed by atoms with E-state index in [4.69, 9.17) is 0 Å². The second kappa shape index (κ2) is 7.18. The molecule has 1 saturated heterocycles. The van der Waals surface area contributed by atoms with Crippen molar-refractivity contribution >= 4 is 11.8 Å². The summed E-state index contributed by atoms with van der Waals surface area (Å²) < 4.78 is 41.4. The molecule has 0 bridgehead atoms. The standard InChI is InChI=1S/C20H28F3N5O3/c1-18(2,3)15(28-10-13(25-26-28)11-4-5-11)17(31)27-9-12(29)8-14(27)16(30)24-19(6-7-19)20(21,22)23/h10-12,14-15,29H,4-9H2,1-3H3,(H,24,30)/t12?,14?,15-/m1/s1. The van der Waals surface area contributed by atoms with Crippen LogP contribution in [0.1, 0.15) is 70.5 Å². The SMILES string of the molecule is CC(C)(C)[C@@H](C(=O)N1CC(O)CC1C(=O)NC1(C(F)(F)F)CC1)n1cc(C2CC2)nn1. The van der Waals surface area contributed by atoms with Crippen molar-refractivity contribution in [3.8, 4) is 0 Å². The maximum atomic E-state index is 13.5. The molecule has 1 aliphatic heterocycles. The number of amides is 2. The maximum Gasteiger partial charge on any atom is 0.411 e. The number of alkyl halides is 3. The molecule has 8 nitrogen and oxygen atoms in total. The molecule has 0 aromatic carbocycles. The zero-order valence-electron chi connectivity index (χ0n) is 17.8. The Balaban J connectivity index is 1.57. The molecule has 4 rings (SSSR count). The molecule has 0 radical (unpaired) electrons. The highest BCUT2D eigenvalue weighted by molar-refractivity contribution is 5.90. The Morgan fingerprint density at radius 2 is 1.90 bits per heavy atom. The van der Waals surface area contributed by atoms with Gasteiger partial charge in [-0.1, -0.05) is 26.0 Å². The van der Waals surface area contributed by atoms with Gasteiger partial charge in [-0.05, 0) is 31.1 Å². The van der Waals surface area contributed by atoms with Gasteiger partial charge in [-0.3, -0.25) is 9.59 Å². The molecular weight excluding hydrogens is 415 g/mol. The van der Waals surface area contributed by atoms with E-state index in [1.165, 1.54) is 9.58 Å². The van der Waals surface area contributed by atoms with Crippen molar-refractivity contribution in [2.24, 2.45) is 5.41 Å². The molecule has 1 aromatic rings. The van der Waals surface area contributed by atoms with Crippen LogP contribution in [0.4, 0.5) is 13.2 Å². The van der Waals surface area contributed by atoms with E-state index in [-0.39, 0.29) is 25.8 Å². The molecule has 172 valence electrons. The fraction of sp³-hybridized carbons (Fsp3) is 0.800. The monoisotopic (exact) mass is 443 g/mol. The Kier molecular flexibility index (Phi) is 5.10. The van der Waals surface area contributed by atoms with Crippen molar-refractivity contribution in [1.82, 2.24) is 25.2 Å². The number of rotatable bonds is 5. The molecule has 2 unspecified atom stereocenters. The Labute approximate surface area is 178 Å². The van der Waals surface area contributed by atoms with E-state index in [0.717, 1.165) is 18.5 Å². The number of likely N-dealkylation sites (tertiary alicyclic amines) is 1. The van der Waals surface area contributed by atoms with Gasteiger partial charge < -0.3 is 15.3 Å². The molecule has 3 fully saturated rings. The number of aliphatic hydroxyl groups is 1. The van der Waals surface area contributed by atoms with Gasteiger partial charge >= 0.3 is 6.18 Å². The van der Waals surface area contributed by atoms with Crippen LogP contribution in [0, 0.1) is 5.41 Å². The lowest BCUT2D eigenvalue weighted by Crippen LogP contribution is -2.55. The molecule has 3 aliphatic rings. The smallest absolute Gasteiger partial charge is 0.391 e. The van der Waals surface area contributed by atoms with Crippen LogP contribution in [0.3, 0.4) is 0 Å². The van der Waals surface area contributed by atoms with Crippen molar-refractivity contribution in [2.75, 3.05) is 6.54 Å². The summed E-state index contributed by atoms with van der Waals surface area (Å²) in [5.74, 6) is -1.01. The van der Waals surface area contributed by atoms with Crippen LogP contribution < -0.4 is 5.32 Å². The lowest BCUT2D eigenvalue weighted by molar-refractivity contribution is -0.172. The lowest BCUT2D eigenvalue weighted by Gasteiger charge is -2.35. The summed E-state index contributed by atoms with van der Waals surface area (Å²) in [6.45, 7) is 5.42. The Bertz CT molecular complexity index is 870. The minimum atomic E-state index is -4.55. The molecule has 11 heteroatoms. The van der Waals surface area contributed by atoms with Crippen LogP contribution in [0.15, 0.2) is 6.20 Å². The average Bonchev–Trinajstić information content (AvgIpc) is 3.55. The molecule has 2 heterocycles. The summed E-state index contributed by atoms with van der Waals surface area (Å²) in [4.78, 5) is 27.5. The molecule has 2 aliphatic carbocycles. The van der Waals surface area contributed by atoms with Crippen molar-refractivity contribution in [3.05, 3.63) is 11.9 Å². The summed E-state index contributed by atoms with van der Waals surface area (Å²) in [6.07, 6.45) is -2.23. The molecule has 3 atom stereocenters. The van der Waals surface area contributed by atoms with Crippen molar-refractivity contribution < 1.29 is 27.9 Å². The van der Waals surface area contributed by atoms with Gasteiger partial charge in [-0.25, -0.2) is 4.68 Å². The first-order valence-electron chi connectivity index (χ1n) is 10.6. The number of halogens is 3. The zero-order valence-corrected chi connectivity index (χ0v) is 17.8. The lowest BCUT2D eigenvalue weighted by atomic mass is 9.85. The minimum Gasteiger partial charge on any atom is -0.391 e. The van der Waals surface area contributed by atoms with Crippen LogP contribution >= 0.6 is 0 Å². The normalized spacial score (nSPS) is 26.6. The number of nitrogens with zero attached hydrogens (tertiary/aromatic N) is 4. The number of aromatic nitrogens is 3. The number of β-amino-alcohol motifs (C(OH)–C–C–N with tert-alkyl or cyclic N) is 1. The van der Waals surface area contributed by atoms with E-state index in [1.807, 2.05) is 20.8 Å². The molecule has 2 amide bonds. The van der Waals surface area contributed by atoms with E-state index in [1.54, 1.807) is 6.20 Å². The van der Waals surface area contributed by atoms with Crippen molar-refractivity contribution in [1.29, 1.82) is 0 Å². The Hall–Kier alpha value is -2.17. The fourth-order valence-electron chi connectivity index (χ4n) is 4.25. The topological polar surface area (TPSA) is 100 Å². The van der Waals surface area contributed by atoms with Gasteiger partial charge in [0.05, 0.1) is 11.8 Å². The molecule has 2 N–H and O–H groups in total. The predicted octanol–water partition coefficient (Wildman–Crippen LogP) is 1.92. The van der Waals surface area contributed by atoms with Gasteiger partial charge in [0.2, 0.25) is 11.8 Å². The number of hydrogen-bond acceptors (Lipinski definition) is 5. The highest BCUT2D eigenvalue weighted by Crippen LogP contribution is 2.49. The third kappa shape index (κ3) is 4.16. The summed E-state index contributed by atoms with van der Waals surface area (Å²) >= 11 is 0. The number of nitrogens with one attached hydrogen (secondary N) is 1. The molecule has 2 saturated carbocycles. The second-order valence-corrected chi connectivity index (χ2v) is 10.1. The summed E-state index contributed by atoms with van der Waals surface area (Å²) in [5.41, 5.74) is -2.02. The summed E-state index contributed by atoms with van der Waals surface area (Å²) in [6, 6.07) is -1.98. The van der Waals surface area contributed by atoms with Gasteiger partial charge in [0.1, 0.15) is 17.6 Å². The largest absolute Gasteiger partial charge is 0.411 e. The van der Waals surface area contributed by atoms with Crippen LogP contribution in [-0.2, 0) is 9.59 Å². The van der Waals surface area contributed by atoms with E-state index in [9.17, 15) is 27.9 Å². The number of carbonyl (C=O) groups excluding carboxylic acids is 2. The van der Waals surface area contributed by atoms with Gasteiger partial charge in [0.15, 0.2) is 0 Å². The van der Waals surface area contributed by atoms with E-state index < -0.39 is 47.1 Å². The van der Waals surface area contributed by atoms with Crippen LogP contribution in [0.5, 0.6) is 0 Å². The molecular formula is C20H28F3N5O3. The van der Waals surface area contributed by atoms with Gasteiger partial charge in [0.25, 0.3) is 0 Å². The van der Waals surface area contributed by atoms with Crippen LogP contribution in [-0.4, -0.2) is 67.2 Å². The average molecular weight is 443 g/mol. The molecule has 0 spiro atoms. The quantitative estimate of drug-likeness (QED) is 0.724. The molecule has 31 heavy (non-hydrogen) atoms. The first-order valence-corrected chi connectivity index (χ1v) is 10.6. The number of hydrogen-bond donors (Lipinski definition) is 2. The third-order valence-electron chi connectivity index (χ3n) is 6.36. The van der Waals surface area contributed by atoms with Gasteiger partial charge in [0, 0.05) is 25.1 Å². The predicted molar refractivity (Wildman–Crippen MR) is 103 cm³/mol. The Morgan fingerprint density at radius 3 is 2.42 bits per heavy atom. The highest BCUT2D eigenvalue weighted by atomic mass is 19.4. The van der Waals surface area contributed by atoms with Crippen LogP contribution in [0.25, 0.3) is 0 Å². The van der Waals surface area contributed by atoms with Gasteiger partial charge in [-0.2, -0.15) is 13.2 Å². The van der Waals surface area contributed by atoms with Crippen LogP contribution in [0.2, 0.25) is 0 Å². The van der Waals surface area contributed by atoms with E-state index in [0.29, 0.717) is 5.92 Å². The van der Waals surface area contributed by atoms with E-state index >= 15 is 0 Å². The first kappa shape index (κ1) is 22.0. The number of aliphatic hydroxyl groups excluding tert-OH is 1. The minimum absolute atomic E-state index is 0.104. The third-order valence-corrected chi connectivity index (χ3v) is 6.36. The molecule has 1 aromatic heterocycles. The van der Waals surface area contributed by atoms with Crippen molar-refractivity contribution in [2.45, 2.75) is 88.7 Å². The van der Waals surface area contributed by atoms with Gasteiger partial charge in [-0.15, -0.1) is 5.10 Å². The fourth-order valence-corrected chi connectivity index (χ4v) is 4.25. The van der Waals surface area contributed by atoms with E-state index in [2.05, 4.69) is 15.6 Å². The maximum absolute atomic E-state index is 13.5. The summed E-state index contributed by atoms with van der Waals surface area (Å²) in [5, 5.41) is 20.5. The Morgan fingerprint density at radius 1 is 1.26 bits per heavy atom. The number of carbonyl (C=O) groups is 2. The highest BCUT2D eigenvalue weighted by Gasteiger charge is 2.65. The zero-order chi connectivity index (χ0) is 22.8.